The van der Waals surface area contributed by atoms with Gasteiger partial charge in [-0.25, -0.2) is 0 Å². The van der Waals surface area contributed by atoms with E-state index in [9.17, 15) is 0 Å². The molecule has 10 rings (SSSR count). The summed E-state index contributed by atoms with van der Waals surface area (Å²) in [5, 5.41) is 4.80. The Bertz CT molecular complexity index is 3370. The van der Waals surface area contributed by atoms with Crippen LogP contribution in [-0.2, 0) is 45.2 Å². The van der Waals surface area contributed by atoms with Gasteiger partial charge in [0.25, 0.3) is 0 Å². The molecule has 0 aliphatic carbocycles. The molecule has 0 amide bonds. The van der Waals surface area contributed by atoms with Crippen LogP contribution >= 0.6 is 0 Å². The van der Waals surface area contributed by atoms with E-state index in [-0.39, 0.29) is 30.5 Å². The summed E-state index contributed by atoms with van der Waals surface area (Å²) in [7, 11) is 10.4. The van der Waals surface area contributed by atoms with Crippen LogP contribution in [0.1, 0.15) is 114 Å². The molecule has 0 bridgehead atoms. The van der Waals surface area contributed by atoms with Crippen molar-refractivity contribution in [1.29, 1.82) is 0 Å². The SMILES string of the molecule is CCC(COC(c1ccccc1)(c1ccccc1)c1ccccc1)OC.CCC(COc1ccc2ccccc2c1)OC.CCC(COc1cccc2ccccc12)OC.CCC(COc1ccccc1)OC.CCC(Cc1ccccc1)OC.CCC(OC)c1ccccc1. The third-order valence-corrected chi connectivity index (χ3v) is 16.6. The molecule has 0 aromatic heterocycles. The molecule has 6 unspecified atom stereocenters. The molecule has 10 heteroatoms. The van der Waals surface area contributed by atoms with Gasteiger partial charge in [-0.15, -0.1) is 0 Å². The van der Waals surface area contributed by atoms with Crippen molar-refractivity contribution in [3.63, 3.8) is 0 Å². The average Bonchev–Trinajstić information content (AvgIpc) is 0.761. The van der Waals surface area contributed by atoms with E-state index in [1.165, 1.54) is 27.3 Å². The van der Waals surface area contributed by atoms with Gasteiger partial charge in [0, 0.05) is 48.0 Å². The van der Waals surface area contributed by atoms with Gasteiger partial charge >= 0.3 is 0 Å². The van der Waals surface area contributed by atoms with E-state index in [4.69, 9.17) is 47.4 Å². The molecule has 10 aromatic rings. The van der Waals surface area contributed by atoms with Crippen molar-refractivity contribution < 1.29 is 47.4 Å². The third kappa shape index (κ3) is 26.8. The lowest BCUT2D eigenvalue weighted by molar-refractivity contribution is -0.0523. The van der Waals surface area contributed by atoms with E-state index in [1.54, 1.807) is 42.7 Å². The van der Waals surface area contributed by atoms with Gasteiger partial charge in [0.1, 0.15) is 42.7 Å². The summed E-state index contributed by atoms with van der Waals surface area (Å²) in [6.45, 7) is 15.0. The number of ether oxygens (including phenoxy) is 10. The summed E-state index contributed by atoms with van der Waals surface area (Å²) >= 11 is 0. The van der Waals surface area contributed by atoms with Crippen molar-refractivity contribution in [1.82, 2.24) is 0 Å². The average molecular weight is 1300 g/mol. The van der Waals surface area contributed by atoms with Crippen LogP contribution in [-0.4, -0.2) is 99.6 Å². The highest BCUT2D eigenvalue weighted by Gasteiger charge is 2.38. The van der Waals surface area contributed by atoms with Gasteiger partial charge in [0.2, 0.25) is 0 Å². The van der Waals surface area contributed by atoms with Crippen molar-refractivity contribution in [3.8, 4) is 17.2 Å². The molecule has 96 heavy (non-hydrogen) atoms. The van der Waals surface area contributed by atoms with Crippen LogP contribution in [0.15, 0.2) is 267 Å². The van der Waals surface area contributed by atoms with Crippen LogP contribution in [0.4, 0.5) is 0 Å². The fraction of sp³-hybridized carbons (Fsp3) is 0.349. The predicted molar refractivity (Wildman–Crippen MR) is 398 cm³/mol. The van der Waals surface area contributed by atoms with Crippen LogP contribution in [0.2, 0.25) is 0 Å². The molecule has 0 saturated carbocycles. The summed E-state index contributed by atoms with van der Waals surface area (Å²) < 4.78 is 55.8. The summed E-state index contributed by atoms with van der Waals surface area (Å²) in [5.41, 5.74) is 5.29. The number of hydrogen-bond acceptors (Lipinski definition) is 10. The number of rotatable bonds is 30. The topological polar surface area (TPSA) is 92.3 Å². The van der Waals surface area contributed by atoms with E-state index in [2.05, 4.69) is 193 Å². The fourth-order valence-corrected chi connectivity index (χ4v) is 10.5. The molecule has 0 aliphatic rings. The molecule has 10 nitrogen and oxygen atoms in total. The molecule has 0 N–H and O–H groups in total. The summed E-state index contributed by atoms with van der Waals surface area (Å²) in [5.74, 6) is 2.73. The molecule has 0 radical (unpaired) electrons. The number of hydrogen-bond donors (Lipinski definition) is 0. The molecule has 0 spiro atoms. The molecular formula is C86H108O10. The van der Waals surface area contributed by atoms with Crippen LogP contribution < -0.4 is 14.2 Å². The minimum atomic E-state index is -0.671. The van der Waals surface area contributed by atoms with Gasteiger partial charge in [0.05, 0.1) is 43.2 Å². The second kappa shape index (κ2) is 46.9. The Morgan fingerprint density at radius 3 is 1.14 bits per heavy atom. The highest BCUT2D eigenvalue weighted by Crippen LogP contribution is 2.41. The van der Waals surface area contributed by atoms with Crippen LogP contribution in [0.3, 0.4) is 0 Å². The molecule has 0 fully saturated rings. The largest absolute Gasteiger partial charge is 0.491 e. The Hall–Kier alpha value is -8.16. The third-order valence-electron chi connectivity index (χ3n) is 16.6. The molecule has 512 valence electrons. The molecule has 10 aromatic carbocycles. The lowest BCUT2D eigenvalue weighted by Crippen LogP contribution is -2.36. The predicted octanol–water partition coefficient (Wildman–Crippen LogP) is 20.6. The highest BCUT2D eigenvalue weighted by atomic mass is 16.5. The van der Waals surface area contributed by atoms with E-state index >= 15 is 0 Å². The second-order valence-corrected chi connectivity index (χ2v) is 22.9. The number of para-hydroxylation sites is 1. The summed E-state index contributed by atoms with van der Waals surface area (Å²) in [4.78, 5) is 0. The van der Waals surface area contributed by atoms with Crippen molar-refractivity contribution in [2.75, 3.05) is 69.1 Å². The van der Waals surface area contributed by atoms with Crippen LogP contribution in [0, 0.1) is 0 Å². The standard InChI is InChI=1S/C24H26O2.2C15H18O2.C11H16O2.C11H16O.C10H14O/c1-3-23(25-2)19-26-24(20-13-7-4-8-14-20,21-15-9-5-10-16-21)22-17-11-6-12-18-22;1-3-13(16-2)11-17-15-10-6-8-12-7-4-5-9-14(12)15;1-3-14(16-2)11-17-15-9-8-12-6-4-5-7-13(12)10-15;1-3-10(12-2)9-13-11-7-5-4-6-8-11;1-3-11(12-2)9-10-7-5-4-6-8-10;1-3-10(11-2)9-7-5-4-6-8-9/h4-18,23H,3,19H2,1-2H3;4-10,13H,3,11H2,1-2H3;4-10,14H,3,11H2,1-2H3;4-8,10H,3,9H2,1-2H3;4-8,11H,3,9H2,1-2H3;4-8,10H,3H2,1-2H3. The Labute approximate surface area is 575 Å². The maximum atomic E-state index is 6.71. The van der Waals surface area contributed by atoms with Crippen molar-refractivity contribution >= 4 is 21.5 Å². The Morgan fingerprint density at radius 2 is 0.677 bits per heavy atom. The van der Waals surface area contributed by atoms with Crippen molar-refractivity contribution in [2.45, 2.75) is 129 Å². The molecule has 0 heterocycles. The van der Waals surface area contributed by atoms with E-state index < -0.39 is 5.60 Å². The zero-order valence-corrected chi connectivity index (χ0v) is 59.2. The maximum Gasteiger partial charge on any atom is 0.143 e. The quantitative estimate of drug-likeness (QED) is 0.0405. The lowest BCUT2D eigenvalue weighted by atomic mass is 9.80. The Morgan fingerprint density at radius 1 is 0.292 bits per heavy atom. The zero-order valence-electron chi connectivity index (χ0n) is 59.2. The molecule has 0 saturated heterocycles. The minimum Gasteiger partial charge on any atom is -0.491 e. The van der Waals surface area contributed by atoms with E-state index in [0.717, 1.165) is 84.3 Å². The number of fused-ring (bicyclic) bond motifs is 2. The van der Waals surface area contributed by atoms with Gasteiger partial charge in [-0.05, 0) is 119 Å². The summed E-state index contributed by atoms with van der Waals surface area (Å²) in [6, 6.07) is 90.6. The normalized spacial score (nSPS) is 12.7. The monoisotopic (exact) mass is 1300 g/mol. The Balaban J connectivity index is 0.000000214. The lowest BCUT2D eigenvalue weighted by Gasteiger charge is -2.37. The highest BCUT2D eigenvalue weighted by molar-refractivity contribution is 5.88. The fourth-order valence-electron chi connectivity index (χ4n) is 10.5. The van der Waals surface area contributed by atoms with Crippen LogP contribution in [0.5, 0.6) is 17.2 Å². The van der Waals surface area contributed by atoms with Gasteiger partial charge in [0.15, 0.2) is 0 Å². The van der Waals surface area contributed by atoms with E-state index in [1.807, 2.05) is 115 Å². The number of methoxy groups -OCH3 is 6. The first-order valence-corrected chi connectivity index (χ1v) is 34.1. The number of benzene rings is 10. The molecular weight excluding hydrogens is 1190 g/mol. The summed E-state index contributed by atoms with van der Waals surface area (Å²) in [6.07, 6.45) is 8.14. The zero-order chi connectivity index (χ0) is 68.9. The van der Waals surface area contributed by atoms with Gasteiger partial charge in [-0.1, -0.05) is 278 Å². The van der Waals surface area contributed by atoms with Crippen molar-refractivity contribution in [3.05, 3.63) is 295 Å². The van der Waals surface area contributed by atoms with Crippen molar-refractivity contribution in [2.24, 2.45) is 0 Å². The van der Waals surface area contributed by atoms with E-state index in [0.29, 0.717) is 32.5 Å². The van der Waals surface area contributed by atoms with Gasteiger partial charge in [-0.3, -0.25) is 0 Å². The first-order valence-electron chi connectivity index (χ1n) is 34.1. The van der Waals surface area contributed by atoms with Crippen LogP contribution in [0.25, 0.3) is 21.5 Å². The minimum absolute atomic E-state index is 0.0607. The first kappa shape index (κ1) is 78.5. The van der Waals surface area contributed by atoms with Gasteiger partial charge < -0.3 is 47.4 Å². The molecule has 6 atom stereocenters. The Kier molecular flexibility index (Phi) is 38.3. The molecule has 0 aliphatic heterocycles. The maximum absolute atomic E-state index is 6.71. The smallest absolute Gasteiger partial charge is 0.143 e. The van der Waals surface area contributed by atoms with Gasteiger partial charge in [-0.2, -0.15) is 0 Å². The second-order valence-electron chi connectivity index (χ2n) is 22.9. The first-order chi connectivity index (χ1) is 47.1.